The molecule has 0 spiro atoms. The standard InChI is InChI=1S/C16H20N2O2.H2O/c1-15(2)13(8-9-16(15,3)14(19)20)18-10-17-11-6-4-5-7-12(11)18;/h4-7,10,13H,8-9H2,1-3H3,(H,19,20);1H2. The van der Waals surface area contributed by atoms with Crippen LogP contribution < -0.4 is 0 Å². The summed E-state index contributed by atoms with van der Waals surface area (Å²) in [4.78, 5) is 16.1. The Labute approximate surface area is 123 Å². The van der Waals surface area contributed by atoms with Crippen LogP contribution in [0.2, 0.25) is 0 Å². The van der Waals surface area contributed by atoms with Crippen LogP contribution in [0, 0.1) is 10.8 Å². The van der Waals surface area contributed by atoms with Crippen LogP contribution in [-0.2, 0) is 4.79 Å². The zero-order valence-corrected chi connectivity index (χ0v) is 12.6. The Bertz CT molecular complexity index is 677. The molecule has 1 aliphatic rings. The molecular weight excluding hydrogens is 268 g/mol. The maximum atomic E-state index is 11.7. The molecular formula is C16H22N2O3. The van der Waals surface area contributed by atoms with Gasteiger partial charge in [0.25, 0.3) is 0 Å². The molecule has 2 unspecified atom stereocenters. The quantitative estimate of drug-likeness (QED) is 0.922. The summed E-state index contributed by atoms with van der Waals surface area (Å²) in [5, 5.41) is 9.61. The Morgan fingerprint density at radius 3 is 2.62 bits per heavy atom. The number of carboxylic acid groups (broad SMARTS) is 1. The second-order valence-electron chi connectivity index (χ2n) is 6.55. The van der Waals surface area contributed by atoms with E-state index in [0.717, 1.165) is 17.5 Å². The van der Waals surface area contributed by atoms with Crippen molar-refractivity contribution >= 4 is 17.0 Å². The smallest absolute Gasteiger partial charge is 0.309 e. The lowest BCUT2D eigenvalue weighted by atomic mass is 9.67. The van der Waals surface area contributed by atoms with Gasteiger partial charge in [-0.25, -0.2) is 4.98 Å². The third kappa shape index (κ3) is 1.95. The molecule has 1 heterocycles. The molecule has 2 aromatic rings. The van der Waals surface area contributed by atoms with Gasteiger partial charge >= 0.3 is 5.97 Å². The van der Waals surface area contributed by atoms with Crippen LogP contribution in [-0.4, -0.2) is 26.1 Å². The molecule has 0 bridgehead atoms. The lowest BCUT2D eigenvalue weighted by Crippen LogP contribution is -2.41. The molecule has 1 fully saturated rings. The zero-order chi connectivity index (χ0) is 14.5. The van der Waals surface area contributed by atoms with E-state index in [9.17, 15) is 9.90 Å². The number of benzene rings is 1. The van der Waals surface area contributed by atoms with Gasteiger partial charge in [0.15, 0.2) is 0 Å². The monoisotopic (exact) mass is 290 g/mol. The van der Waals surface area contributed by atoms with Gasteiger partial charge in [0.2, 0.25) is 0 Å². The van der Waals surface area contributed by atoms with Crippen molar-refractivity contribution < 1.29 is 15.4 Å². The van der Waals surface area contributed by atoms with Gasteiger partial charge in [-0.05, 0) is 31.9 Å². The Balaban J connectivity index is 0.00000161. The van der Waals surface area contributed by atoms with E-state index in [1.54, 1.807) is 0 Å². The molecule has 1 aromatic carbocycles. The van der Waals surface area contributed by atoms with E-state index in [1.807, 2.05) is 31.5 Å². The first kappa shape index (κ1) is 15.5. The van der Waals surface area contributed by atoms with Crippen molar-refractivity contribution in [1.29, 1.82) is 0 Å². The van der Waals surface area contributed by atoms with Crippen LogP contribution in [0.1, 0.15) is 39.7 Å². The molecule has 5 nitrogen and oxygen atoms in total. The topological polar surface area (TPSA) is 86.6 Å². The first-order valence-electron chi connectivity index (χ1n) is 7.03. The number of carbonyl (C=O) groups is 1. The second-order valence-corrected chi connectivity index (χ2v) is 6.55. The number of imidazole rings is 1. The van der Waals surface area contributed by atoms with E-state index in [-0.39, 0.29) is 16.9 Å². The van der Waals surface area contributed by atoms with Crippen LogP contribution in [0.3, 0.4) is 0 Å². The number of hydrogen-bond donors (Lipinski definition) is 1. The molecule has 1 aromatic heterocycles. The van der Waals surface area contributed by atoms with E-state index in [4.69, 9.17) is 0 Å². The lowest BCUT2D eigenvalue weighted by molar-refractivity contribution is -0.154. The number of nitrogens with zero attached hydrogens (tertiary/aromatic N) is 2. The molecule has 5 heteroatoms. The summed E-state index contributed by atoms with van der Waals surface area (Å²) in [7, 11) is 0. The highest BCUT2D eigenvalue weighted by molar-refractivity contribution is 5.77. The summed E-state index contributed by atoms with van der Waals surface area (Å²) >= 11 is 0. The van der Waals surface area contributed by atoms with E-state index < -0.39 is 11.4 Å². The van der Waals surface area contributed by atoms with Crippen molar-refractivity contribution in [3.8, 4) is 0 Å². The molecule has 21 heavy (non-hydrogen) atoms. The van der Waals surface area contributed by atoms with E-state index in [2.05, 4.69) is 29.5 Å². The van der Waals surface area contributed by atoms with Crippen LogP contribution >= 0.6 is 0 Å². The molecule has 3 N–H and O–H groups in total. The second kappa shape index (κ2) is 4.84. The summed E-state index contributed by atoms with van der Waals surface area (Å²) in [6.45, 7) is 6.00. The fourth-order valence-electron chi connectivity index (χ4n) is 3.57. The van der Waals surface area contributed by atoms with Crippen LogP contribution in [0.25, 0.3) is 11.0 Å². The van der Waals surface area contributed by atoms with Gasteiger partial charge in [-0.15, -0.1) is 0 Å². The number of para-hydroxylation sites is 2. The number of aromatic nitrogens is 2. The maximum Gasteiger partial charge on any atom is 0.309 e. The first-order valence-corrected chi connectivity index (χ1v) is 7.03. The average molecular weight is 290 g/mol. The van der Waals surface area contributed by atoms with E-state index in [0.29, 0.717) is 6.42 Å². The zero-order valence-electron chi connectivity index (χ0n) is 12.6. The molecule has 114 valence electrons. The third-order valence-electron chi connectivity index (χ3n) is 5.46. The number of fused-ring (bicyclic) bond motifs is 1. The highest BCUT2D eigenvalue weighted by atomic mass is 16.4. The van der Waals surface area contributed by atoms with Gasteiger partial charge in [-0.2, -0.15) is 0 Å². The molecule has 1 saturated carbocycles. The normalized spacial score (nSPS) is 27.5. The third-order valence-corrected chi connectivity index (χ3v) is 5.46. The lowest BCUT2D eigenvalue weighted by Gasteiger charge is -2.39. The summed E-state index contributed by atoms with van der Waals surface area (Å²) in [6, 6.07) is 8.18. The average Bonchev–Trinajstić information content (AvgIpc) is 2.91. The minimum Gasteiger partial charge on any atom is -0.481 e. The molecule has 0 radical (unpaired) electrons. The number of hydrogen-bond acceptors (Lipinski definition) is 2. The Morgan fingerprint density at radius 1 is 1.33 bits per heavy atom. The number of carboxylic acids is 1. The SMILES string of the molecule is CC1(C(=O)O)CCC(n2cnc3ccccc32)C1(C)C.O. The number of rotatable bonds is 2. The minimum atomic E-state index is -0.700. The highest BCUT2D eigenvalue weighted by Crippen LogP contribution is 2.58. The highest BCUT2D eigenvalue weighted by Gasteiger charge is 2.56. The fraction of sp³-hybridized carbons (Fsp3) is 0.500. The fourth-order valence-corrected chi connectivity index (χ4v) is 3.57. The molecule has 3 rings (SSSR count). The van der Waals surface area contributed by atoms with Crippen molar-refractivity contribution in [2.45, 2.75) is 39.7 Å². The van der Waals surface area contributed by atoms with Crippen LogP contribution in [0.15, 0.2) is 30.6 Å². The van der Waals surface area contributed by atoms with Crippen LogP contribution in [0.4, 0.5) is 0 Å². The molecule has 1 aliphatic carbocycles. The molecule has 2 atom stereocenters. The van der Waals surface area contributed by atoms with Gasteiger partial charge in [-0.1, -0.05) is 26.0 Å². The van der Waals surface area contributed by atoms with Crippen LogP contribution in [0.5, 0.6) is 0 Å². The summed E-state index contributed by atoms with van der Waals surface area (Å²) < 4.78 is 2.16. The molecule has 0 saturated heterocycles. The van der Waals surface area contributed by atoms with Crippen molar-refractivity contribution in [2.75, 3.05) is 0 Å². The maximum absolute atomic E-state index is 11.7. The minimum absolute atomic E-state index is 0. The van der Waals surface area contributed by atoms with Crippen molar-refractivity contribution in [2.24, 2.45) is 10.8 Å². The number of aliphatic carboxylic acids is 1. The Hall–Kier alpha value is -1.88. The summed E-state index contributed by atoms with van der Waals surface area (Å²) in [5.74, 6) is -0.700. The Morgan fingerprint density at radius 2 is 2.00 bits per heavy atom. The van der Waals surface area contributed by atoms with E-state index in [1.165, 1.54) is 0 Å². The first-order chi connectivity index (χ1) is 9.38. The predicted octanol–water partition coefficient (Wildman–Crippen LogP) is 2.66. The van der Waals surface area contributed by atoms with Crippen molar-refractivity contribution in [3.05, 3.63) is 30.6 Å². The van der Waals surface area contributed by atoms with Gasteiger partial charge in [0.05, 0.1) is 22.8 Å². The van der Waals surface area contributed by atoms with Crippen molar-refractivity contribution in [1.82, 2.24) is 9.55 Å². The molecule has 0 amide bonds. The summed E-state index contributed by atoms with van der Waals surface area (Å²) in [5.41, 5.74) is 1.04. The Kier molecular flexibility index (Phi) is 3.58. The van der Waals surface area contributed by atoms with Crippen molar-refractivity contribution in [3.63, 3.8) is 0 Å². The van der Waals surface area contributed by atoms with Gasteiger partial charge in [-0.3, -0.25) is 4.79 Å². The molecule has 0 aliphatic heterocycles. The predicted molar refractivity (Wildman–Crippen MR) is 81.1 cm³/mol. The largest absolute Gasteiger partial charge is 0.481 e. The van der Waals surface area contributed by atoms with E-state index >= 15 is 0 Å². The van der Waals surface area contributed by atoms with Gasteiger partial charge in [0.1, 0.15) is 0 Å². The summed E-state index contributed by atoms with van der Waals surface area (Å²) in [6.07, 6.45) is 3.42. The van der Waals surface area contributed by atoms with Gasteiger partial charge in [0, 0.05) is 11.5 Å². The van der Waals surface area contributed by atoms with Gasteiger partial charge < -0.3 is 15.1 Å².